The van der Waals surface area contributed by atoms with Crippen LogP contribution >= 0.6 is 0 Å². The number of unbranched alkanes of at least 4 members (excludes halogenated alkanes) is 1. The lowest BCUT2D eigenvalue weighted by atomic mass is 10.2. The van der Waals surface area contributed by atoms with Crippen molar-refractivity contribution in [3.63, 3.8) is 0 Å². The fourth-order valence-corrected chi connectivity index (χ4v) is 1.16. The second-order valence-electron chi connectivity index (χ2n) is 3.50. The van der Waals surface area contributed by atoms with Crippen molar-refractivity contribution in [1.82, 2.24) is 10.6 Å². The van der Waals surface area contributed by atoms with E-state index in [4.69, 9.17) is 5.11 Å². The molecule has 0 fully saturated rings. The minimum absolute atomic E-state index is 0.0677. The molecular weight excluding hydrogens is 212 g/mol. The van der Waals surface area contributed by atoms with Gasteiger partial charge in [-0.3, -0.25) is 14.4 Å². The Balaban J connectivity index is 3.66. The Kier molecular flexibility index (Phi) is 6.91. The normalized spacial score (nSPS) is 11.6. The van der Waals surface area contributed by atoms with E-state index in [1.54, 1.807) is 6.92 Å². The van der Waals surface area contributed by atoms with Gasteiger partial charge in [-0.15, -0.1) is 0 Å². The van der Waals surface area contributed by atoms with Crippen LogP contribution in [0.5, 0.6) is 0 Å². The van der Waals surface area contributed by atoms with E-state index >= 15 is 0 Å². The van der Waals surface area contributed by atoms with E-state index in [-0.39, 0.29) is 24.7 Å². The van der Waals surface area contributed by atoms with Crippen LogP contribution in [0, 0.1) is 0 Å². The summed E-state index contributed by atoms with van der Waals surface area (Å²) in [4.78, 5) is 32.5. The molecule has 1 atom stereocenters. The van der Waals surface area contributed by atoms with Crippen molar-refractivity contribution in [2.24, 2.45) is 0 Å². The largest absolute Gasteiger partial charge is 0.481 e. The van der Waals surface area contributed by atoms with Crippen LogP contribution in [0.1, 0.15) is 32.6 Å². The van der Waals surface area contributed by atoms with Gasteiger partial charge < -0.3 is 15.7 Å². The molecule has 0 spiro atoms. The smallest absolute Gasteiger partial charge is 0.303 e. The topological polar surface area (TPSA) is 95.5 Å². The summed E-state index contributed by atoms with van der Waals surface area (Å²) in [6.45, 7) is 1.59. The van der Waals surface area contributed by atoms with Gasteiger partial charge in [-0.25, -0.2) is 0 Å². The van der Waals surface area contributed by atoms with Crippen LogP contribution in [0.4, 0.5) is 0 Å². The van der Waals surface area contributed by atoms with Crippen molar-refractivity contribution in [1.29, 1.82) is 0 Å². The number of carboxylic acids is 1. The molecule has 0 saturated carbocycles. The van der Waals surface area contributed by atoms with E-state index in [0.29, 0.717) is 12.8 Å². The lowest BCUT2D eigenvalue weighted by Gasteiger charge is -2.11. The van der Waals surface area contributed by atoms with Crippen LogP contribution in [-0.2, 0) is 14.4 Å². The quantitative estimate of drug-likeness (QED) is 0.531. The maximum absolute atomic E-state index is 11.3. The molecule has 0 radical (unpaired) electrons. The minimum atomic E-state index is -0.862. The van der Waals surface area contributed by atoms with Crippen LogP contribution in [-0.4, -0.2) is 36.0 Å². The van der Waals surface area contributed by atoms with Crippen molar-refractivity contribution >= 4 is 17.8 Å². The zero-order valence-corrected chi connectivity index (χ0v) is 9.58. The fraction of sp³-hybridized carbons (Fsp3) is 0.700. The predicted octanol–water partition coefficient (Wildman–Crippen LogP) is -0.118. The number of nitrogens with one attached hydrogen (secondary N) is 2. The van der Waals surface area contributed by atoms with Gasteiger partial charge in [0.2, 0.25) is 11.8 Å². The van der Waals surface area contributed by atoms with Gasteiger partial charge in [0.15, 0.2) is 0 Å². The van der Waals surface area contributed by atoms with Crippen molar-refractivity contribution in [2.75, 3.05) is 7.05 Å². The standard InChI is InChI=1S/C10H18N2O4/c1-7(10(16)11-2)12-8(13)5-3-4-6-9(14)15/h7H,3-6H2,1-2H3,(H,11,16)(H,12,13)(H,14,15). The highest BCUT2D eigenvalue weighted by molar-refractivity contribution is 5.87. The molecule has 0 bridgehead atoms. The van der Waals surface area contributed by atoms with Gasteiger partial charge in [-0.2, -0.15) is 0 Å². The molecular formula is C10H18N2O4. The lowest BCUT2D eigenvalue weighted by molar-refractivity contribution is -0.137. The third kappa shape index (κ3) is 6.80. The summed E-state index contributed by atoms with van der Waals surface area (Å²) in [7, 11) is 1.50. The van der Waals surface area contributed by atoms with Gasteiger partial charge in [-0.1, -0.05) is 0 Å². The zero-order chi connectivity index (χ0) is 12.6. The van der Waals surface area contributed by atoms with Gasteiger partial charge in [0, 0.05) is 19.9 Å². The molecule has 0 aliphatic heterocycles. The summed E-state index contributed by atoms with van der Waals surface area (Å²) in [5.74, 6) is -1.35. The molecule has 0 aromatic carbocycles. The van der Waals surface area contributed by atoms with Crippen LogP contribution < -0.4 is 10.6 Å². The molecule has 92 valence electrons. The highest BCUT2D eigenvalue weighted by Gasteiger charge is 2.13. The molecule has 0 aromatic rings. The Morgan fingerprint density at radius 2 is 1.75 bits per heavy atom. The number of rotatable bonds is 7. The molecule has 16 heavy (non-hydrogen) atoms. The van der Waals surface area contributed by atoms with E-state index in [2.05, 4.69) is 10.6 Å². The van der Waals surface area contributed by atoms with Gasteiger partial charge in [0.05, 0.1) is 0 Å². The first-order valence-electron chi connectivity index (χ1n) is 5.20. The molecule has 6 nitrogen and oxygen atoms in total. The minimum Gasteiger partial charge on any atom is -0.481 e. The first-order chi connectivity index (χ1) is 7.47. The first-order valence-corrected chi connectivity index (χ1v) is 5.20. The summed E-state index contributed by atoms with van der Waals surface area (Å²) in [6.07, 6.45) is 1.29. The number of carboxylic acid groups (broad SMARTS) is 1. The number of hydrogen-bond acceptors (Lipinski definition) is 3. The Labute approximate surface area is 94.4 Å². The van der Waals surface area contributed by atoms with Crippen molar-refractivity contribution in [3.8, 4) is 0 Å². The SMILES string of the molecule is CNC(=O)C(C)NC(=O)CCCCC(=O)O. The number of carbonyl (C=O) groups excluding carboxylic acids is 2. The van der Waals surface area contributed by atoms with Crippen LogP contribution in [0.25, 0.3) is 0 Å². The average Bonchev–Trinajstić information content (AvgIpc) is 2.22. The summed E-state index contributed by atoms with van der Waals surface area (Å²) < 4.78 is 0. The maximum atomic E-state index is 11.3. The molecule has 0 aliphatic carbocycles. The number of aliphatic carboxylic acids is 1. The Bertz CT molecular complexity index is 266. The predicted molar refractivity (Wildman–Crippen MR) is 57.8 cm³/mol. The number of amides is 2. The summed E-state index contributed by atoms with van der Waals surface area (Å²) >= 11 is 0. The lowest BCUT2D eigenvalue weighted by Crippen LogP contribution is -2.43. The number of hydrogen-bond donors (Lipinski definition) is 3. The first kappa shape index (κ1) is 14.4. The van der Waals surface area contributed by atoms with Gasteiger partial charge in [0.1, 0.15) is 6.04 Å². The number of likely N-dealkylation sites (N-methyl/N-ethyl adjacent to an activating group) is 1. The summed E-state index contributed by atoms with van der Waals surface area (Å²) in [6, 6.07) is -0.558. The second-order valence-corrected chi connectivity index (χ2v) is 3.50. The molecule has 0 aliphatic rings. The maximum Gasteiger partial charge on any atom is 0.303 e. The molecule has 0 saturated heterocycles. The zero-order valence-electron chi connectivity index (χ0n) is 9.58. The van der Waals surface area contributed by atoms with E-state index in [0.717, 1.165) is 0 Å². The Morgan fingerprint density at radius 3 is 2.25 bits per heavy atom. The molecule has 3 N–H and O–H groups in total. The molecule has 1 unspecified atom stereocenters. The second kappa shape index (κ2) is 7.67. The molecule has 0 rings (SSSR count). The highest BCUT2D eigenvalue weighted by Crippen LogP contribution is 2.00. The van der Waals surface area contributed by atoms with Crippen LogP contribution in [0.3, 0.4) is 0 Å². The summed E-state index contributed by atoms with van der Waals surface area (Å²) in [5.41, 5.74) is 0. The summed E-state index contributed by atoms with van der Waals surface area (Å²) in [5, 5.41) is 13.3. The van der Waals surface area contributed by atoms with E-state index < -0.39 is 12.0 Å². The van der Waals surface area contributed by atoms with Crippen molar-refractivity contribution in [2.45, 2.75) is 38.6 Å². The monoisotopic (exact) mass is 230 g/mol. The Hall–Kier alpha value is -1.59. The third-order valence-electron chi connectivity index (χ3n) is 2.06. The van der Waals surface area contributed by atoms with Gasteiger partial charge in [-0.05, 0) is 19.8 Å². The molecule has 6 heteroatoms. The average molecular weight is 230 g/mol. The van der Waals surface area contributed by atoms with E-state index in [1.807, 2.05) is 0 Å². The van der Waals surface area contributed by atoms with E-state index in [9.17, 15) is 14.4 Å². The highest BCUT2D eigenvalue weighted by atomic mass is 16.4. The third-order valence-corrected chi connectivity index (χ3v) is 2.06. The van der Waals surface area contributed by atoms with Crippen LogP contribution in [0.2, 0.25) is 0 Å². The van der Waals surface area contributed by atoms with Crippen molar-refractivity contribution < 1.29 is 19.5 Å². The Morgan fingerprint density at radius 1 is 1.19 bits per heavy atom. The van der Waals surface area contributed by atoms with Crippen molar-refractivity contribution in [3.05, 3.63) is 0 Å². The number of carbonyl (C=O) groups is 3. The van der Waals surface area contributed by atoms with Gasteiger partial charge >= 0.3 is 5.97 Å². The van der Waals surface area contributed by atoms with Gasteiger partial charge in [0.25, 0.3) is 0 Å². The fourth-order valence-electron chi connectivity index (χ4n) is 1.16. The molecule has 0 heterocycles. The molecule has 0 aromatic heterocycles. The van der Waals surface area contributed by atoms with Crippen LogP contribution in [0.15, 0.2) is 0 Å². The van der Waals surface area contributed by atoms with E-state index in [1.165, 1.54) is 7.05 Å². The molecule has 2 amide bonds.